The molecule has 0 radical (unpaired) electrons. The van der Waals surface area contributed by atoms with Crippen LogP contribution < -0.4 is 4.74 Å². The molecular formula is C21H24O10. The fourth-order valence-corrected chi connectivity index (χ4v) is 4.10. The van der Waals surface area contributed by atoms with Crippen LogP contribution in [0.1, 0.15) is 35.8 Å². The summed E-state index contributed by atoms with van der Waals surface area (Å²) < 4.78 is 11.3. The van der Waals surface area contributed by atoms with Crippen molar-refractivity contribution in [2.75, 3.05) is 0 Å². The van der Waals surface area contributed by atoms with Gasteiger partial charge in [0.1, 0.15) is 47.8 Å². The summed E-state index contributed by atoms with van der Waals surface area (Å²) in [7, 11) is 0. The van der Waals surface area contributed by atoms with Crippen LogP contribution in [0.3, 0.4) is 0 Å². The molecule has 1 fully saturated rings. The van der Waals surface area contributed by atoms with E-state index in [0.717, 1.165) is 0 Å². The van der Waals surface area contributed by atoms with Gasteiger partial charge < -0.3 is 50.3 Å². The Morgan fingerprint density at radius 2 is 1.52 bits per heavy atom. The van der Waals surface area contributed by atoms with Crippen molar-refractivity contribution in [2.24, 2.45) is 0 Å². The number of phenols is 4. The Morgan fingerprint density at radius 3 is 2.19 bits per heavy atom. The molecule has 10 heteroatoms. The molecule has 0 amide bonds. The van der Waals surface area contributed by atoms with Gasteiger partial charge in [-0.2, -0.15) is 0 Å². The Hall–Kier alpha value is -2.76. The second-order valence-corrected chi connectivity index (χ2v) is 7.93. The summed E-state index contributed by atoms with van der Waals surface area (Å²) in [5.74, 6) is -1.60. The molecular weight excluding hydrogens is 412 g/mol. The van der Waals surface area contributed by atoms with Crippen LogP contribution in [0.25, 0.3) is 0 Å². The van der Waals surface area contributed by atoms with Crippen LogP contribution in [-0.4, -0.2) is 71.4 Å². The summed E-state index contributed by atoms with van der Waals surface area (Å²) in [4.78, 5) is 0. The molecule has 31 heavy (non-hydrogen) atoms. The molecule has 2 aromatic rings. The zero-order chi connectivity index (χ0) is 22.6. The zero-order valence-corrected chi connectivity index (χ0v) is 16.5. The van der Waals surface area contributed by atoms with Crippen molar-refractivity contribution in [1.29, 1.82) is 0 Å². The first-order chi connectivity index (χ1) is 14.6. The maximum absolute atomic E-state index is 10.8. The van der Waals surface area contributed by atoms with Gasteiger partial charge in [-0.1, -0.05) is 6.07 Å². The first-order valence-corrected chi connectivity index (χ1v) is 9.74. The van der Waals surface area contributed by atoms with Gasteiger partial charge >= 0.3 is 0 Å². The molecule has 10 nitrogen and oxygen atoms in total. The van der Waals surface area contributed by atoms with Gasteiger partial charge in [0.2, 0.25) is 0 Å². The second-order valence-electron chi connectivity index (χ2n) is 7.93. The molecule has 0 saturated carbocycles. The van der Waals surface area contributed by atoms with Crippen LogP contribution in [0, 0.1) is 0 Å². The molecule has 0 spiro atoms. The number of aliphatic hydroxyl groups is 4. The Balaban J connectivity index is 1.71. The molecule has 2 aliphatic heterocycles. The average molecular weight is 436 g/mol. The quantitative estimate of drug-likeness (QED) is 0.301. The lowest BCUT2D eigenvalue weighted by Crippen LogP contribution is -2.53. The highest BCUT2D eigenvalue weighted by Crippen LogP contribution is 2.49. The van der Waals surface area contributed by atoms with Gasteiger partial charge in [-0.15, -0.1) is 0 Å². The van der Waals surface area contributed by atoms with E-state index in [9.17, 15) is 40.9 Å². The maximum atomic E-state index is 10.8. The molecule has 2 aliphatic rings. The van der Waals surface area contributed by atoms with Crippen LogP contribution in [0.2, 0.25) is 0 Å². The molecule has 0 aromatic heterocycles. The molecule has 4 rings (SSSR count). The van der Waals surface area contributed by atoms with Crippen LogP contribution in [0.15, 0.2) is 24.3 Å². The fourth-order valence-electron chi connectivity index (χ4n) is 4.10. The van der Waals surface area contributed by atoms with Crippen molar-refractivity contribution in [1.82, 2.24) is 0 Å². The third-order valence-corrected chi connectivity index (χ3v) is 5.86. The van der Waals surface area contributed by atoms with E-state index in [4.69, 9.17) is 9.47 Å². The molecule has 0 unspecified atom stereocenters. The molecule has 168 valence electrons. The Bertz CT molecular complexity index is 993. The Labute approximate surface area is 176 Å². The second kappa shape index (κ2) is 7.74. The van der Waals surface area contributed by atoms with E-state index in [1.807, 2.05) is 0 Å². The van der Waals surface area contributed by atoms with Gasteiger partial charge in [0.25, 0.3) is 0 Å². The van der Waals surface area contributed by atoms with Gasteiger partial charge in [0.05, 0.1) is 17.8 Å². The van der Waals surface area contributed by atoms with E-state index < -0.39 is 60.0 Å². The first-order valence-electron chi connectivity index (χ1n) is 9.74. The number of fused-ring (bicyclic) bond motifs is 1. The average Bonchev–Trinajstić information content (AvgIpc) is 2.72. The summed E-state index contributed by atoms with van der Waals surface area (Å²) in [6.07, 6.45) is -8.93. The van der Waals surface area contributed by atoms with Crippen LogP contribution in [0.5, 0.6) is 28.7 Å². The van der Waals surface area contributed by atoms with Gasteiger partial charge in [-0.25, -0.2) is 0 Å². The molecule has 0 bridgehead atoms. The molecule has 8 N–H and O–H groups in total. The minimum atomic E-state index is -1.62. The number of hydrogen-bond acceptors (Lipinski definition) is 10. The predicted octanol–water partition coefficient (Wildman–Crippen LogP) is 0.0886. The number of aromatic hydroxyl groups is 4. The largest absolute Gasteiger partial charge is 0.507 e. The van der Waals surface area contributed by atoms with Crippen molar-refractivity contribution in [2.45, 2.75) is 56.1 Å². The van der Waals surface area contributed by atoms with E-state index >= 15 is 0 Å². The fraction of sp³-hybridized carbons (Fsp3) is 0.429. The van der Waals surface area contributed by atoms with Crippen molar-refractivity contribution >= 4 is 0 Å². The highest BCUT2D eigenvalue weighted by Gasteiger charge is 2.45. The third-order valence-electron chi connectivity index (χ3n) is 5.86. The SMILES string of the molecule is C[C@@H]1O[C@@H](c2c(O)cc3c(c2O)C[C@H](O)[C@H](c2ccc(O)c(O)c2)O3)[C@H](O)[C@H](O)[C@H]1O. The predicted molar refractivity (Wildman–Crippen MR) is 104 cm³/mol. The van der Waals surface area contributed by atoms with Gasteiger partial charge in [-0.05, 0) is 24.6 Å². The Kier molecular flexibility index (Phi) is 5.36. The zero-order valence-electron chi connectivity index (χ0n) is 16.5. The van der Waals surface area contributed by atoms with Gasteiger partial charge in [0.15, 0.2) is 11.5 Å². The minimum Gasteiger partial charge on any atom is -0.507 e. The lowest BCUT2D eigenvalue weighted by atomic mass is 9.87. The van der Waals surface area contributed by atoms with E-state index in [2.05, 4.69) is 0 Å². The summed E-state index contributed by atoms with van der Waals surface area (Å²) in [5.41, 5.74) is 0.331. The summed E-state index contributed by atoms with van der Waals surface area (Å²) >= 11 is 0. The van der Waals surface area contributed by atoms with E-state index in [0.29, 0.717) is 5.56 Å². The Morgan fingerprint density at radius 1 is 0.806 bits per heavy atom. The molecule has 7 atom stereocenters. The number of benzene rings is 2. The normalized spacial score (nSPS) is 32.9. The number of ether oxygens (including phenoxy) is 2. The highest BCUT2D eigenvalue weighted by atomic mass is 16.5. The molecule has 0 aliphatic carbocycles. The third kappa shape index (κ3) is 3.52. The summed E-state index contributed by atoms with van der Waals surface area (Å²) in [6, 6.07) is 5.14. The smallest absolute Gasteiger partial charge is 0.157 e. The van der Waals surface area contributed by atoms with Crippen molar-refractivity contribution in [3.63, 3.8) is 0 Å². The van der Waals surface area contributed by atoms with Gasteiger partial charge in [0, 0.05) is 18.1 Å². The van der Waals surface area contributed by atoms with E-state index in [-0.39, 0.29) is 29.0 Å². The summed E-state index contributed by atoms with van der Waals surface area (Å²) in [6.45, 7) is 1.48. The number of aliphatic hydroxyl groups excluding tert-OH is 4. The topological polar surface area (TPSA) is 180 Å². The van der Waals surface area contributed by atoms with Crippen LogP contribution in [-0.2, 0) is 11.2 Å². The highest BCUT2D eigenvalue weighted by molar-refractivity contribution is 5.59. The van der Waals surface area contributed by atoms with E-state index in [1.165, 1.54) is 31.2 Å². The van der Waals surface area contributed by atoms with E-state index in [1.54, 1.807) is 0 Å². The minimum absolute atomic E-state index is 0.0699. The van der Waals surface area contributed by atoms with Crippen LogP contribution in [0.4, 0.5) is 0 Å². The lowest BCUT2D eigenvalue weighted by Gasteiger charge is -2.40. The number of phenolic OH excluding ortho intramolecular Hbond substituents is 4. The number of hydrogen-bond donors (Lipinski definition) is 8. The molecule has 1 saturated heterocycles. The van der Waals surface area contributed by atoms with Crippen molar-refractivity contribution < 1.29 is 50.3 Å². The van der Waals surface area contributed by atoms with Crippen LogP contribution >= 0.6 is 0 Å². The monoisotopic (exact) mass is 436 g/mol. The summed E-state index contributed by atoms with van der Waals surface area (Å²) in [5, 5.41) is 81.5. The molecule has 2 aromatic carbocycles. The van der Waals surface area contributed by atoms with Gasteiger partial charge in [-0.3, -0.25) is 0 Å². The molecule has 2 heterocycles. The standard InChI is InChI=1S/C21H24O10/c1-7-16(26)18(28)19(29)21(30-7)15-12(24)6-14-9(17(15)27)5-13(25)20(31-14)8-2-3-10(22)11(23)4-8/h2-4,6-7,13,16,18-29H,5H2,1H3/t7-,13-,16-,18+,19+,20-,21-/m0/s1. The van der Waals surface area contributed by atoms with Crippen molar-refractivity contribution in [3.8, 4) is 28.7 Å². The first kappa shape index (κ1) is 21.5. The lowest BCUT2D eigenvalue weighted by molar-refractivity contribution is -0.220. The van der Waals surface area contributed by atoms with Crippen molar-refractivity contribution in [3.05, 3.63) is 41.0 Å². The number of rotatable bonds is 2. The maximum Gasteiger partial charge on any atom is 0.157 e.